The fourth-order valence-corrected chi connectivity index (χ4v) is 6.14. The summed E-state index contributed by atoms with van der Waals surface area (Å²) in [7, 11) is 0. The van der Waals surface area contributed by atoms with Gasteiger partial charge >= 0.3 is 0 Å². The molecule has 0 heterocycles. The highest BCUT2D eigenvalue weighted by Gasteiger charge is 2.14. The van der Waals surface area contributed by atoms with E-state index in [0.29, 0.717) is 14.7 Å². The van der Waals surface area contributed by atoms with Gasteiger partial charge in [-0.2, -0.15) is 0 Å². The predicted molar refractivity (Wildman–Crippen MR) is 189 cm³/mol. The van der Waals surface area contributed by atoms with Crippen LogP contribution in [0.1, 0.15) is 22.3 Å². The maximum Gasteiger partial charge on any atom is 0.142 e. The molecule has 214 valence electrons. The molecule has 0 aromatic heterocycles. The summed E-state index contributed by atoms with van der Waals surface area (Å²) in [4.78, 5) is 1.75. The molecule has 44 heavy (non-hydrogen) atoms. The van der Waals surface area contributed by atoms with Gasteiger partial charge in [0.15, 0.2) is 0 Å². The van der Waals surface area contributed by atoms with Crippen LogP contribution in [0.4, 0.5) is 0 Å². The summed E-state index contributed by atoms with van der Waals surface area (Å²) in [6.07, 6.45) is 8.37. The van der Waals surface area contributed by atoms with Gasteiger partial charge in [0.05, 0.1) is 9.79 Å². The second kappa shape index (κ2) is 13.6. The lowest BCUT2D eigenvalue weighted by Crippen LogP contribution is -1.85. The first-order chi connectivity index (χ1) is 21.5. The highest BCUT2D eigenvalue weighted by Crippen LogP contribution is 2.44. The summed E-state index contributed by atoms with van der Waals surface area (Å²) in [6, 6.07) is 46.4. The second-order valence-electron chi connectivity index (χ2n) is 10.4. The smallest absolute Gasteiger partial charge is 0.142 e. The molecule has 2 N–H and O–H groups in total. The van der Waals surface area contributed by atoms with Crippen LogP contribution in [0, 0.1) is 0 Å². The first-order valence-corrected chi connectivity index (χ1v) is 15.5. The molecule has 6 aromatic rings. The molecule has 0 unspecified atom stereocenters. The summed E-state index contributed by atoms with van der Waals surface area (Å²) in [5.74, 6) is 0.241. The van der Waals surface area contributed by atoms with Crippen molar-refractivity contribution in [2.75, 3.05) is 0 Å². The summed E-state index contributed by atoms with van der Waals surface area (Å²) in [5, 5.41) is 21.6. The standard InChI is InChI=1S/C40H30O2S2/c41-36-24-23-34(32-19-15-30(16-20-32)13-11-28-7-3-1-4-8-28)26-38(36)44-39-27-35(25-37(43)40(39)42)33-21-17-31(18-22-33)14-12-29-9-5-2-6-10-29/h1-27,41-43H/b13-11+,14-12+. The van der Waals surface area contributed by atoms with Crippen LogP contribution in [-0.2, 0) is 0 Å². The Kier molecular flexibility index (Phi) is 9.02. The van der Waals surface area contributed by atoms with E-state index in [4.69, 9.17) is 0 Å². The molecule has 2 nitrogen and oxygen atoms in total. The van der Waals surface area contributed by atoms with Crippen molar-refractivity contribution in [2.45, 2.75) is 14.7 Å². The van der Waals surface area contributed by atoms with E-state index in [1.54, 1.807) is 6.07 Å². The molecule has 0 aliphatic carbocycles. The van der Waals surface area contributed by atoms with E-state index in [-0.39, 0.29) is 11.5 Å². The Morgan fingerprint density at radius 2 is 0.864 bits per heavy atom. The Balaban J connectivity index is 1.21. The second-order valence-corrected chi connectivity index (χ2v) is 11.9. The van der Waals surface area contributed by atoms with E-state index in [1.807, 2.05) is 60.7 Å². The topological polar surface area (TPSA) is 40.5 Å². The zero-order valence-electron chi connectivity index (χ0n) is 23.8. The van der Waals surface area contributed by atoms with Crippen molar-refractivity contribution in [2.24, 2.45) is 0 Å². The third-order valence-corrected chi connectivity index (χ3v) is 8.68. The van der Waals surface area contributed by atoms with Crippen LogP contribution >= 0.6 is 24.4 Å². The number of thiol groups is 1. The van der Waals surface area contributed by atoms with Crippen LogP contribution in [0.3, 0.4) is 0 Å². The van der Waals surface area contributed by atoms with Crippen LogP contribution in [0.15, 0.2) is 154 Å². The Morgan fingerprint density at radius 3 is 1.39 bits per heavy atom. The maximum absolute atomic E-state index is 10.9. The third kappa shape index (κ3) is 7.17. The minimum absolute atomic E-state index is 0.0869. The van der Waals surface area contributed by atoms with Crippen LogP contribution < -0.4 is 0 Å². The summed E-state index contributed by atoms with van der Waals surface area (Å²) >= 11 is 5.88. The molecule has 0 saturated carbocycles. The Labute approximate surface area is 268 Å². The zero-order chi connectivity index (χ0) is 30.3. The van der Waals surface area contributed by atoms with Crippen LogP contribution in [0.25, 0.3) is 46.6 Å². The molecule has 0 radical (unpaired) electrons. The average molecular weight is 607 g/mol. The molecule has 0 spiro atoms. The number of rotatable bonds is 8. The maximum atomic E-state index is 10.9. The van der Waals surface area contributed by atoms with Crippen molar-refractivity contribution in [3.8, 4) is 33.8 Å². The molecule has 0 saturated heterocycles. The molecule has 0 fully saturated rings. The fourth-order valence-electron chi connectivity index (χ4n) is 4.82. The Morgan fingerprint density at radius 1 is 0.432 bits per heavy atom. The van der Waals surface area contributed by atoms with Gasteiger partial charge in [0.1, 0.15) is 11.5 Å². The van der Waals surface area contributed by atoms with Crippen LogP contribution in [-0.4, -0.2) is 10.2 Å². The van der Waals surface area contributed by atoms with Crippen LogP contribution in [0.2, 0.25) is 0 Å². The first kappa shape index (κ1) is 29.2. The lowest BCUT2D eigenvalue weighted by molar-refractivity contribution is 0.449. The van der Waals surface area contributed by atoms with E-state index < -0.39 is 0 Å². The predicted octanol–water partition coefficient (Wildman–Crippen LogP) is 11.2. The van der Waals surface area contributed by atoms with Crippen molar-refractivity contribution < 1.29 is 10.2 Å². The van der Waals surface area contributed by atoms with Gasteiger partial charge in [-0.3, -0.25) is 0 Å². The number of phenols is 2. The molecule has 0 atom stereocenters. The summed E-state index contributed by atoms with van der Waals surface area (Å²) < 4.78 is 0. The molecule has 6 aromatic carbocycles. The van der Waals surface area contributed by atoms with E-state index in [0.717, 1.165) is 44.5 Å². The molecule has 6 rings (SSSR count). The van der Waals surface area contributed by atoms with Gasteiger partial charge in [-0.25, -0.2) is 0 Å². The number of hydrogen-bond donors (Lipinski definition) is 3. The third-order valence-electron chi connectivity index (χ3n) is 7.26. The largest absolute Gasteiger partial charge is 0.507 e. The minimum Gasteiger partial charge on any atom is -0.507 e. The quantitative estimate of drug-likeness (QED) is 0.119. The number of phenolic OH excluding ortho intramolecular Hbond substituents is 2. The molecule has 0 aliphatic heterocycles. The van der Waals surface area contributed by atoms with Crippen molar-refractivity contribution in [1.29, 1.82) is 0 Å². The summed E-state index contributed by atoms with van der Waals surface area (Å²) in [5.41, 5.74) is 8.47. The van der Waals surface area contributed by atoms with Crippen molar-refractivity contribution >= 4 is 48.7 Å². The summed E-state index contributed by atoms with van der Waals surface area (Å²) in [6.45, 7) is 0. The van der Waals surface area contributed by atoms with Gasteiger partial charge in [-0.1, -0.05) is 151 Å². The Hall–Kier alpha value is -4.90. The molecule has 4 heteroatoms. The van der Waals surface area contributed by atoms with E-state index in [9.17, 15) is 10.2 Å². The average Bonchev–Trinajstić information content (AvgIpc) is 3.07. The van der Waals surface area contributed by atoms with Gasteiger partial charge in [0.25, 0.3) is 0 Å². The number of benzene rings is 6. The molecule has 0 amide bonds. The SMILES string of the molecule is Oc1ccc(-c2ccc(/C=C/c3ccccc3)cc2)cc1Sc1cc(-c2ccc(/C=C/c3ccccc3)cc2)cc(S)c1O. The van der Waals surface area contributed by atoms with Gasteiger partial charge < -0.3 is 10.2 Å². The normalized spacial score (nSPS) is 11.4. The van der Waals surface area contributed by atoms with Gasteiger partial charge in [0.2, 0.25) is 0 Å². The lowest BCUT2D eigenvalue weighted by atomic mass is 10.0. The first-order valence-electron chi connectivity index (χ1n) is 14.3. The highest BCUT2D eigenvalue weighted by molar-refractivity contribution is 7.99. The van der Waals surface area contributed by atoms with Gasteiger partial charge in [0, 0.05) is 4.90 Å². The van der Waals surface area contributed by atoms with E-state index >= 15 is 0 Å². The molecule has 0 aliphatic rings. The highest BCUT2D eigenvalue weighted by atomic mass is 32.2. The monoisotopic (exact) mass is 606 g/mol. The number of aromatic hydroxyl groups is 2. The molecular weight excluding hydrogens is 577 g/mol. The van der Waals surface area contributed by atoms with Gasteiger partial charge in [-0.15, -0.1) is 12.6 Å². The van der Waals surface area contributed by atoms with Crippen molar-refractivity contribution in [1.82, 2.24) is 0 Å². The molecule has 0 bridgehead atoms. The van der Waals surface area contributed by atoms with E-state index in [1.165, 1.54) is 11.8 Å². The molecular formula is C40H30O2S2. The Bertz CT molecular complexity index is 1930. The minimum atomic E-state index is 0.0869. The number of hydrogen-bond acceptors (Lipinski definition) is 4. The van der Waals surface area contributed by atoms with Crippen molar-refractivity contribution in [3.05, 3.63) is 162 Å². The van der Waals surface area contributed by atoms with Crippen molar-refractivity contribution in [3.63, 3.8) is 0 Å². The van der Waals surface area contributed by atoms with Gasteiger partial charge in [-0.05, 0) is 68.8 Å². The van der Waals surface area contributed by atoms with Crippen LogP contribution in [0.5, 0.6) is 11.5 Å². The van der Waals surface area contributed by atoms with E-state index in [2.05, 4.69) is 110 Å². The lowest BCUT2D eigenvalue weighted by Gasteiger charge is -2.13. The fraction of sp³-hybridized carbons (Fsp3) is 0. The zero-order valence-corrected chi connectivity index (χ0v) is 25.5.